The summed E-state index contributed by atoms with van der Waals surface area (Å²) in [5.74, 6) is 0. The minimum absolute atomic E-state index is 0. The highest BCUT2D eigenvalue weighted by Crippen LogP contribution is 2.22. The van der Waals surface area contributed by atoms with Gasteiger partial charge in [-0.15, -0.1) is 12.4 Å². The second kappa shape index (κ2) is 5.79. The highest BCUT2D eigenvalue weighted by molar-refractivity contribution is 5.85. The first-order chi connectivity index (χ1) is 7.27. The summed E-state index contributed by atoms with van der Waals surface area (Å²) in [5.41, 5.74) is 0.970. The molecule has 1 aromatic carbocycles. The Hall–Kier alpha value is -1.17. The van der Waals surface area contributed by atoms with E-state index < -0.39 is 0 Å². The van der Waals surface area contributed by atoms with Crippen LogP contribution in [0.2, 0.25) is 0 Å². The van der Waals surface area contributed by atoms with Crippen LogP contribution in [0.5, 0.6) is 0 Å². The quantitative estimate of drug-likeness (QED) is 0.635. The molecule has 0 bridgehead atoms. The number of morpholine rings is 1. The molecule has 0 amide bonds. The molecular formula is C10H13ClN2O3. The van der Waals surface area contributed by atoms with Gasteiger partial charge in [-0.3, -0.25) is 10.1 Å². The van der Waals surface area contributed by atoms with Gasteiger partial charge in [0.15, 0.2) is 0 Å². The van der Waals surface area contributed by atoms with Crippen molar-refractivity contribution in [1.29, 1.82) is 0 Å². The predicted octanol–water partition coefficient (Wildman–Crippen LogP) is 1.68. The van der Waals surface area contributed by atoms with Crippen molar-refractivity contribution >= 4 is 18.1 Å². The molecule has 1 heterocycles. The molecule has 1 N–H and O–H groups in total. The number of benzene rings is 1. The molecule has 5 nitrogen and oxygen atoms in total. The summed E-state index contributed by atoms with van der Waals surface area (Å²) < 4.78 is 5.51. The van der Waals surface area contributed by atoms with Crippen molar-refractivity contribution in [1.82, 2.24) is 5.32 Å². The summed E-state index contributed by atoms with van der Waals surface area (Å²) in [4.78, 5) is 10.2. The van der Waals surface area contributed by atoms with Gasteiger partial charge in [0, 0.05) is 25.2 Å². The molecule has 0 aliphatic carbocycles. The lowest BCUT2D eigenvalue weighted by Crippen LogP contribution is -2.33. The first-order valence-electron chi connectivity index (χ1n) is 4.84. The van der Waals surface area contributed by atoms with Gasteiger partial charge < -0.3 is 10.1 Å². The zero-order chi connectivity index (χ0) is 10.7. The normalized spacial score (nSPS) is 19.9. The third kappa shape index (κ3) is 2.91. The van der Waals surface area contributed by atoms with Gasteiger partial charge in [0.1, 0.15) is 0 Å². The van der Waals surface area contributed by atoms with Crippen LogP contribution in [-0.2, 0) is 4.74 Å². The van der Waals surface area contributed by atoms with E-state index in [1.807, 2.05) is 6.07 Å². The van der Waals surface area contributed by atoms with E-state index in [-0.39, 0.29) is 29.1 Å². The molecule has 1 unspecified atom stereocenters. The highest BCUT2D eigenvalue weighted by Gasteiger charge is 2.17. The molecule has 6 heteroatoms. The fraction of sp³-hybridized carbons (Fsp3) is 0.400. The van der Waals surface area contributed by atoms with Crippen molar-refractivity contribution in [2.75, 3.05) is 19.7 Å². The molecule has 16 heavy (non-hydrogen) atoms. The van der Waals surface area contributed by atoms with E-state index in [0.29, 0.717) is 13.2 Å². The van der Waals surface area contributed by atoms with Gasteiger partial charge in [-0.25, -0.2) is 0 Å². The minimum atomic E-state index is -0.389. The molecule has 1 fully saturated rings. The van der Waals surface area contributed by atoms with Crippen LogP contribution >= 0.6 is 12.4 Å². The van der Waals surface area contributed by atoms with Gasteiger partial charge in [-0.05, 0) is 5.56 Å². The monoisotopic (exact) mass is 244 g/mol. The van der Waals surface area contributed by atoms with Crippen LogP contribution in [0.1, 0.15) is 11.7 Å². The smallest absolute Gasteiger partial charge is 0.269 e. The van der Waals surface area contributed by atoms with E-state index in [0.717, 1.165) is 12.1 Å². The number of non-ortho nitro benzene ring substituents is 1. The second-order valence-corrected chi connectivity index (χ2v) is 3.42. The van der Waals surface area contributed by atoms with Crippen molar-refractivity contribution in [3.63, 3.8) is 0 Å². The van der Waals surface area contributed by atoms with E-state index in [4.69, 9.17) is 4.74 Å². The van der Waals surface area contributed by atoms with E-state index in [9.17, 15) is 10.1 Å². The lowest BCUT2D eigenvalue weighted by molar-refractivity contribution is -0.385. The summed E-state index contributed by atoms with van der Waals surface area (Å²) >= 11 is 0. The van der Waals surface area contributed by atoms with Crippen LogP contribution in [-0.4, -0.2) is 24.6 Å². The molecule has 2 rings (SSSR count). The summed E-state index contributed by atoms with van der Waals surface area (Å²) in [6, 6.07) is 6.59. The number of nitro groups is 1. The number of ether oxygens (including phenoxy) is 1. The molecule has 1 aliphatic heterocycles. The number of nitro benzene ring substituents is 1. The maximum atomic E-state index is 10.6. The Bertz CT molecular complexity index is 367. The summed E-state index contributed by atoms with van der Waals surface area (Å²) in [6.07, 6.45) is -0.0707. The Morgan fingerprint density at radius 1 is 1.50 bits per heavy atom. The van der Waals surface area contributed by atoms with E-state index in [1.165, 1.54) is 6.07 Å². The molecule has 0 saturated carbocycles. The fourth-order valence-electron chi connectivity index (χ4n) is 1.62. The molecule has 88 valence electrons. The summed E-state index contributed by atoms with van der Waals surface area (Å²) in [7, 11) is 0. The Morgan fingerprint density at radius 3 is 2.94 bits per heavy atom. The first kappa shape index (κ1) is 12.9. The van der Waals surface area contributed by atoms with Gasteiger partial charge >= 0.3 is 0 Å². The highest BCUT2D eigenvalue weighted by atomic mass is 35.5. The van der Waals surface area contributed by atoms with E-state index in [1.54, 1.807) is 12.1 Å². The lowest BCUT2D eigenvalue weighted by Gasteiger charge is -2.23. The number of nitrogens with one attached hydrogen (secondary N) is 1. The number of nitrogens with zero attached hydrogens (tertiary/aromatic N) is 1. The van der Waals surface area contributed by atoms with Gasteiger partial charge in [-0.2, -0.15) is 0 Å². The maximum Gasteiger partial charge on any atom is 0.269 e. The van der Waals surface area contributed by atoms with Crippen molar-refractivity contribution < 1.29 is 9.66 Å². The third-order valence-corrected chi connectivity index (χ3v) is 2.38. The molecule has 1 aliphatic rings. The topological polar surface area (TPSA) is 64.4 Å². The molecule has 0 aromatic heterocycles. The Morgan fingerprint density at radius 2 is 2.31 bits per heavy atom. The lowest BCUT2D eigenvalue weighted by atomic mass is 10.1. The van der Waals surface area contributed by atoms with Crippen molar-refractivity contribution in [3.8, 4) is 0 Å². The van der Waals surface area contributed by atoms with Crippen LogP contribution in [0.4, 0.5) is 5.69 Å². The predicted molar refractivity (Wildman–Crippen MR) is 61.9 cm³/mol. The SMILES string of the molecule is Cl.O=[N+]([O-])c1cccc(C2CNCCO2)c1. The van der Waals surface area contributed by atoms with Gasteiger partial charge in [-0.1, -0.05) is 12.1 Å². The van der Waals surface area contributed by atoms with Crippen LogP contribution in [0.3, 0.4) is 0 Å². The number of hydrogen-bond acceptors (Lipinski definition) is 4. The average Bonchev–Trinajstić information content (AvgIpc) is 2.30. The first-order valence-corrected chi connectivity index (χ1v) is 4.84. The maximum absolute atomic E-state index is 10.6. The standard InChI is InChI=1S/C10H12N2O3.ClH/c13-12(14)9-3-1-2-8(6-9)10-7-11-4-5-15-10;/h1-3,6,10-11H,4-5,7H2;1H. The molecule has 1 saturated heterocycles. The Balaban J connectivity index is 0.00000128. The number of hydrogen-bond donors (Lipinski definition) is 1. The van der Waals surface area contributed by atoms with Crippen molar-refractivity contribution in [2.24, 2.45) is 0 Å². The van der Waals surface area contributed by atoms with Gasteiger partial charge in [0.25, 0.3) is 5.69 Å². The largest absolute Gasteiger partial charge is 0.371 e. The van der Waals surface area contributed by atoms with Crippen molar-refractivity contribution in [2.45, 2.75) is 6.10 Å². The minimum Gasteiger partial charge on any atom is -0.371 e. The zero-order valence-electron chi connectivity index (χ0n) is 8.59. The Kier molecular flexibility index (Phi) is 4.67. The van der Waals surface area contributed by atoms with Crippen molar-refractivity contribution in [3.05, 3.63) is 39.9 Å². The second-order valence-electron chi connectivity index (χ2n) is 3.42. The van der Waals surface area contributed by atoms with Crippen LogP contribution in [0.25, 0.3) is 0 Å². The van der Waals surface area contributed by atoms with Crippen LogP contribution in [0.15, 0.2) is 24.3 Å². The molecule has 0 radical (unpaired) electrons. The van der Waals surface area contributed by atoms with Gasteiger partial charge in [0.05, 0.1) is 17.6 Å². The van der Waals surface area contributed by atoms with E-state index in [2.05, 4.69) is 5.32 Å². The fourth-order valence-corrected chi connectivity index (χ4v) is 1.62. The summed E-state index contributed by atoms with van der Waals surface area (Å²) in [6.45, 7) is 2.19. The van der Waals surface area contributed by atoms with E-state index >= 15 is 0 Å². The molecule has 1 aromatic rings. The Labute approximate surface area is 99.4 Å². The number of halogens is 1. The summed E-state index contributed by atoms with van der Waals surface area (Å²) in [5, 5.41) is 13.8. The zero-order valence-corrected chi connectivity index (χ0v) is 9.40. The third-order valence-electron chi connectivity index (χ3n) is 2.38. The molecule has 0 spiro atoms. The number of rotatable bonds is 2. The average molecular weight is 245 g/mol. The van der Waals surface area contributed by atoms with Crippen LogP contribution < -0.4 is 5.32 Å². The molecule has 1 atom stereocenters. The van der Waals surface area contributed by atoms with Gasteiger partial charge in [0.2, 0.25) is 0 Å². The van der Waals surface area contributed by atoms with Crippen LogP contribution in [0, 0.1) is 10.1 Å². The molecular weight excluding hydrogens is 232 g/mol.